The molecule has 2 aliphatic rings. The summed E-state index contributed by atoms with van der Waals surface area (Å²) in [4.78, 5) is 20.1. The molecule has 0 aliphatic carbocycles. The maximum absolute atomic E-state index is 13.2. The molecule has 2 aromatic rings. The molecule has 0 bridgehead atoms. The van der Waals surface area contributed by atoms with Crippen LogP contribution in [0.2, 0.25) is 0 Å². The first-order chi connectivity index (χ1) is 14.7. The second-order valence-electron chi connectivity index (χ2n) is 8.39. The lowest BCUT2D eigenvalue weighted by atomic mass is 10.00. The average Bonchev–Trinajstić information content (AvgIpc) is 3.44. The van der Waals surface area contributed by atoms with Gasteiger partial charge in [-0.05, 0) is 51.0 Å². The highest BCUT2D eigenvalue weighted by Crippen LogP contribution is 2.32. The second kappa shape index (κ2) is 10.0. The number of thioether (sulfide) groups is 1. The van der Waals surface area contributed by atoms with Crippen LogP contribution in [0.4, 0.5) is 0 Å². The topological polar surface area (TPSA) is 47.4 Å². The lowest BCUT2D eigenvalue weighted by Gasteiger charge is -2.36. The molecule has 30 heavy (non-hydrogen) atoms. The Balaban J connectivity index is 1.55. The highest BCUT2D eigenvalue weighted by molar-refractivity contribution is 8.00. The molecular formula is C24H33N3O2S. The fourth-order valence-corrected chi connectivity index (χ4v) is 5.58. The van der Waals surface area contributed by atoms with Gasteiger partial charge < -0.3 is 14.2 Å². The van der Waals surface area contributed by atoms with E-state index in [4.69, 9.17) is 9.72 Å². The molecule has 0 N–H and O–H groups in total. The smallest absolute Gasteiger partial charge is 0.236 e. The van der Waals surface area contributed by atoms with Crippen LogP contribution in [-0.4, -0.2) is 50.9 Å². The van der Waals surface area contributed by atoms with Crippen molar-refractivity contribution in [1.29, 1.82) is 0 Å². The molecule has 2 saturated heterocycles. The van der Waals surface area contributed by atoms with Gasteiger partial charge >= 0.3 is 0 Å². The van der Waals surface area contributed by atoms with Gasteiger partial charge in [-0.2, -0.15) is 0 Å². The number of carbonyl (C=O) groups excluding carboxylic acids is 1. The Morgan fingerprint density at radius 3 is 2.80 bits per heavy atom. The molecule has 1 amide bonds. The van der Waals surface area contributed by atoms with E-state index < -0.39 is 0 Å². The summed E-state index contributed by atoms with van der Waals surface area (Å²) >= 11 is 1.59. The van der Waals surface area contributed by atoms with E-state index in [2.05, 4.69) is 40.7 Å². The van der Waals surface area contributed by atoms with Crippen LogP contribution in [0.15, 0.2) is 41.7 Å². The number of piperidine rings is 1. The predicted molar refractivity (Wildman–Crippen MR) is 122 cm³/mol. The van der Waals surface area contributed by atoms with Crippen molar-refractivity contribution in [2.45, 2.75) is 81.5 Å². The minimum atomic E-state index is -0.147. The molecule has 3 unspecified atom stereocenters. The average molecular weight is 428 g/mol. The minimum absolute atomic E-state index is 0.147. The molecule has 0 spiro atoms. The predicted octanol–water partition coefficient (Wildman–Crippen LogP) is 5.00. The Morgan fingerprint density at radius 2 is 2.07 bits per heavy atom. The van der Waals surface area contributed by atoms with E-state index in [0.717, 1.165) is 68.2 Å². The van der Waals surface area contributed by atoms with E-state index in [1.165, 1.54) is 6.42 Å². The zero-order valence-electron chi connectivity index (χ0n) is 18.1. The van der Waals surface area contributed by atoms with Gasteiger partial charge in [0.05, 0.1) is 29.8 Å². The van der Waals surface area contributed by atoms with Gasteiger partial charge in [-0.3, -0.25) is 4.79 Å². The van der Waals surface area contributed by atoms with E-state index in [-0.39, 0.29) is 17.3 Å². The lowest BCUT2D eigenvalue weighted by molar-refractivity contribution is -0.134. The van der Waals surface area contributed by atoms with E-state index in [1.807, 2.05) is 19.2 Å². The number of amides is 1. The summed E-state index contributed by atoms with van der Waals surface area (Å²) < 4.78 is 8.17. The molecule has 4 rings (SSSR count). The van der Waals surface area contributed by atoms with Crippen LogP contribution < -0.4 is 0 Å². The third kappa shape index (κ3) is 4.75. The van der Waals surface area contributed by atoms with Gasteiger partial charge in [0.25, 0.3) is 0 Å². The Kier molecular flexibility index (Phi) is 7.16. The fraction of sp³-hybridized carbons (Fsp3) is 0.583. The van der Waals surface area contributed by atoms with Crippen molar-refractivity contribution in [2.24, 2.45) is 0 Å². The highest BCUT2D eigenvalue weighted by Gasteiger charge is 2.30. The van der Waals surface area contributed by atoms with Crippen LogP contribution in [0.3, 0.4) is 0 Å². The minimum Gasteiger partial charge on any atom is -0.376 e. The van der Waals surface area contributed by atoms with Gasteiger partial charge in [0.2, 0.25) is 5.91 Å². The Hall–Kier alpha value is -1.79. The molecular weight excluding hydrogens is 394 g/mol. The molecule has 2 aliphatic heterocycles. The second-order valence-corrected chi connectivity index (χ2v) is 9.70. The van der Waals surface area contributed by atoms with Crippen molar-refractivity contribution < 1.29 is 9.53 Å². The summed E-state index contributed by atoms with van der Waals surface area (Å²) in [5, 5.41) is 0.765. The standard InChI is InChI=1S/C24H33N3O2S/c1-3-20-12-7-8-14-26(20)23(28)18(2)30-24-25-16-22(19-10-5-4-6-11-19)27(24)17-21-13-9-15-29-21/h4-6,10-11,16,18,20-21H,3,7-9,12-15,17H2,1-2H3. The first kappa shape index (κ1) is 21.4. The molecule has 5 nitrogen and oxygen atoms in total. The van der Waals surface area contributed by atoms with Crippen LogP contribution >= 0.6 is 11.8 Å². The van der Waals surface area contributed by atoms with E-state index in [9.17, 15) is 4.79 Å². The summed E-state index contributed by atoms with van der Waals surface area (Å²) in [7, 11) is 0. The van der Waals surface area contributed by atoms with Crippen molar-refractivity contribution in [2.75, 3.05) is 13.2 Å². The number of imidazole rings is 1. The highest BCUT2D eigenvalue weighted by atomic mass is 32.2. The van der Waals surface area contributed by atoms with Crippen molar-refractivity contribution >= 4 is 17.7 Å². The van der Waals surface area contributed by atoms with Gasteiger partial charge in [0.1, 0.15) is 0 Å². The quantitative estimate of drug-likeness (QED) is 0.584. The molecule has 2 fully saturated rings. The van der Waals surface area contributed by atoms with Gasteiger partial charge in [-0.15, -0.1) is 0 Å². The number of hydrogen-bond acceptors (Lipinski definition) is 4. The van der Waals surface area contributed by atoms with Crippen LogP contribution in [0.1, 0.15) is 52.4 Å². The number of hydrogen-bond donors (Lipinski definition) is 0. The third-order valence-electron chi connectivity index (χ3n) is 6.31. The van der Waals surface area contributed by atoms with E-state index in [0.29, 0.717) is 6.04 Å². The summed E-state index contributed by atoms with van der Waals surface area (Å²) in [6, 6.07) is 10.8. The normalized spacial score (nSPS) is 22.9. The van der Waals surface area contributed by atoms with Crippen LogP contribution in [-0.2, 0) is 16.1 Å². The lowest BCUT2D eigenvalue weighted by Crippen LogP contribution is -2.46. The summed E-state index contributed by atoms with van der Waals surface area (Å²) in [6.45, 7) is 6.73. The first-order valence-corrected chi connectivity index (χ1v) is 12.2. The number of benzene rings is 1. The maximum atomic E-state index is 13.2. The van der Waals surface area contributed by atoms with E-state index in [1.54, 1.807) is 11.8 Å². The summed E-state index contributed by atoms with van der Waals surface area (Å²) in [5.74, 6) is 0.250. The van der Waals surface area contributed by atoms with Crippen molar-refractivity contribution in [3.63, 3.8) is 0 Å². The summed E-state index contributed by atoms with van der Waals surface area (Å²) in [5.41, 5.74) is 2.24. The van der Waals surface area contributed by atoms with Crippen molar-refractivity contribution in [1.82, 2.24) is 14.5 Å². The van der Waals surface area contributed by atoms with Gasteiger partial charge in [-0.25, -0.2) is 4.98 Å². The first-order valence-electron chi connectivity index (χ1n) is 11.4. The molecule has 1 aromatic carbocycles. The van der Waals surface area contributed by atoms with Crippen LogP contribution in [0, 0.1) is 0 Å². The number of likely N-dealkylation sites (tertiary alicyclic amines) is 1. The fourth-order valence-electron chi connectivity index (χ4n) is 4.62. The molecule has 0 saturated carbocycles. The van der Waals surface area contributed by atoms with E-state index >= 15 is 0 Å². The maximum Gasteiger partial charge on any atom is 0.236 e. The zero-order chi connectivity index (χ0) is 20.9. The SMILES string of the molecule is CCC1CCCCN1C(=O)C(C)Sc1ncc(-c2ccccc2)n1CC1CCCO1. The number of aromatic nitrogens is 2. The number of carbonyl (C=O) groups is 1. The number of nitrogens with zero attached hydrogens (tertiary/aromatic N) is 3. The van der Waals surface area contributed by atoms with Crippen molar-refractivity contribution in [3.8, 4) is 11.3 Å². The van der Waals surface area contributed by atoms with Gasteiger partial charge in [-0.1, -0.05) is 49.0 Å². The molecule has 162 valence electrons. The number of rotatable bonds is 7. The molecule has 3 atom stereocenters. The summed E-state index contributed by atoms with van der Waals surface area (Å²) in [6.07, 6.45) is 8.88. The van der Waals surface area contributed by atoms with Gasteiger partial charge in [0.15, 0.2) is 5.16 Å². The Labute approximate surface area is 184 Å². The van der Waals surface area contributed by atoms with Gasteiger partial charge in [0, 0.05) is 19.2 Å². The Morgan fingerprint density at radius 1 is 1.23 bits per heavy atom. The number of ether oxygens (including phenoxy) is 1. The van der Waals surface area contributed by atoms with Crippen molar-refractivity contribution in [3.05, 3.63) is 36.5 Å². The molecule has 0 radical (unpaired) electrons. The molecule has 1 aromatic heterocycles. The molecule has 6 heteroatoms. The largest absolute Gasteiger partial charge is 0.376 e. The third-order valence-corrected chi connectivity index (χ3v) is 7.40. The zero-order valence-corrected chi connectivity index (χ0v) is 18.9. The van der Waals surface area contributed by atoms with Crippen LogP contribution in [0.25, 0.3) is 11.3 Å². The molecule has 3 heterocycles. The monoisotopic (exact) mass is 427 g/mol. The Bertz CT molecular complexity index is 832. The van der Waals surface area contributed by atoms with Crippen LogP contribution in [0.5, 0.6) is 0 Å².